The van der Waals surface area contributed by atoms with Crippen LogP contribution in [0, 0.1) is 43.9 Å². The van der Waals surface area contributed by atoms with Crippen LogP contribution in [0.1, 0.15) is 22.3 Å². The normalized spacial score (nSPS) is 10.3. The number of hydrogen-bond donors (Lipinski definition) is 0. The molecule has 8 nitrogen and oxygen atoms in total. The minimum atomic E-state index is -0.438. The number of hydrogen-bond acceptors (Lipinski definition) is 6. The van der Waals surface area contributed by atoms with Gasteiger partial charge < -0.3 is 0 Å². The van der Waals surface area contributed by atoms with E-state index in [1.54, 1.807) is 24.3 Å². The molecule has 0 radical (unpaired) electrons. The zero-order valence-electron chi connectivity index (χ0n) is 23.0. The van der Waals surface area contributed by atoms with Gasteiger partial charge in [0, 0.05) is 57.6 Å². The number of para-hydroxylation sites is 2. The fourth-order valence-corrected chi connectivity index (χ4v) is 4.45. The summed E-state index contributed by atoms with van der Waals surface area (Å²) in [5, 5.41) is 21.8. The average Bonchev–Trinajstić information content (AvgIpc) is 3.06. The third-order valence-electron chi connectivity index (χ3n) is 6.75. The standard InChI is InChI=1S/C36H20N4O4/c41-39(42)31-21-13-27(14-22-31)7-5-25-9-17-29(18-10-25)35-36(38-34-4-2-1-3-33(34)37-35)30-19-11-26(12-20-30)6-8-28-15-23-32(24-16-28)40(43)44/h1-4,9-24H. The highest BCUT2D eigenvalue weighted by atomic mass is 16.6. The Morgan fingerprint density at radius 1 is 0.432 bits per heavy atom. The van der Waals surface area contributed by atoms with Crippen LogP contribution in [-0.4, -0.2) is 19.8 Å². The minimum Gasteiger partial charge on any atom is -0.258 e. The quantitative estimate of drug-likeness (QED) is 0.122. The largest absolute Gasteiger partial charge is 0.269 e. The van der Waals surface area contributed by atoms with Gasteiger partial charge in [0.2, 0.25) is 0 Å². The van der Waals surface area contributed by atoms with E-state index in [9.17, 15) is 20.2 Å². The fourth-order valence-electron chi connectivity index (χ4n) is 4.45. The smallest absolute Gasteiger partial charge is 0.258 e. The van der Waals surface area contributed by atoms with Crippen LogP contribution in [0.25, 0.3) is 33.5 Å². The Hall–Kier alpha value is -6.64. The van der Waals surface area contributed by atoms with Crippen LogP contribution in [0.4, 0.5) is 11.4 Å². The predicted molar refractivity (Wildman–Crippen MR) is 169 cm³/mol. The fraction of sp³-hybridized carbons (Fsp3) is 0. The number of fused-ring (bicyclic) bond motifs is 1. The minimum absolute atomic E-state index is 0.0250. The molecule has 6 aromatic rings. The highest BCUT2D eigenvalue weighted by molar-refractivity contribution is 5.86. The van der Waals surface area contributed by atoms with E-state index in [2.05, 4.69) is 23.7 Å². The highest BCUT2D eigenvalue weighted by Gasteiger charge is 2.13. The van der Waals surface area contributed by atoms with Gasteiger partial charge in [0.05, 0.1) is 32.3 Å². The molecule has 6 rings (SSSR count). The molecule has 0 saturated carbocycles. The maximum absolute atomic E-state index is 10.9. The molecule has 208 valence electrons. The van der Waals surface area contributed by atoms with Gasteiger partial charge in [-0.3, -0.25) is 20.2 Å². The summed E-state index contributed by atoms with van der Waals surface area (Å²) in [6.07, 6.45) is 0. The molecule has 0 saturated heterocycles. The first-order chi connectivity index (χ1) is 21.4. The molecule has 44 heavy (non-hydrogen) atoms. The summed E-state index contributed by atoms with van der Waals surface area (Å²) in [4.78, 5) is 30.8. The monoisotopic (exact) mass is 572 g/mol. The van der Waals surface area contributed by atoms with Gasteiger partial charge in [0.25, 0.3) is 11.4 Å². The predicted octanol–water partition coefficient (Wildman–Crippen LogP) is 7.58. The van der Waals surface area contributed by atoms with Crippen LogP contribution in [0.2, 0.25) is 0 Å². The zero-order chi connectivity index (χ0) is 30.5. The zero-order valence-corrected chi connectivity index (χ0v) is 23.0. The van der Waals surface area contributed by atoms with E-state index >= 15 is 0 Å². The van der Waals surface area contributed by atoms with Crippen LogP contribution in [0.3, 0.4) is 0 Å². The third-order valence-corrected chi connectivity index (χ3v) is 6.75. The SMILES string of the molecule is O=[N+]([O-])c1ccc(C#Cc2ccc(-c3nc4ccccc4nc3-c3ccc(C#Cc4ccc([N+](=O)[O-])cc4)cc3)cc2)cc1. The lowest BCUT2D eigenvalue weighted by atomic mass is 10.0. The number of nitro groups is 2. The molecule has 1 aromatic heterocycles. The maximum atomic E-state index is 10.9. The molecule has 0 aliphatic heterocycles. The van der Waals surface area contributed by atoms with Crippen molar-refractivity contribution in [3.8, 4) is 46.2 Å². The van der Waals surface area contributed by atoms with E-state index < -0.39 is 9.85 Å². The lowest BCUT2D eigenvalue weighted by Gasteiger charge is -2.11. The topological polar surface area (TPSA) is 112 Å². The first-order valence-electron chi connectivity index (χ1n) is 13.4. The molecular weight excluding hydrogens is 552 g/mol. The number of non-ortho nitro benzene ring substituents is 2. The summed E-state index contributed by atoms with van der Waals surface area (Å²) < 4.78 is 0. The van der Waals surface area contributed by atoms with E-state index in [1.807, 2.05) is 72.8 Å². The summed E-state index contributed by atoms with van der Waals surface area (Å²) in [6, 6.07) is 35.4. The average molecular weight is 573 g/mol. The number of benzene rings is 5. The number of aromatic nitrogens is 2. The molecule has 1 heterocycles. The third kappa shape index (κ3) is 6.15. The van der Waals surface area contributed by atoms with Gasteiger partial charge in [-0.15, -0.1) is 0 Å². The molecule has 0 spiro atoms. The highest BCUT2D eigenvalue weighted by Crippen LogP contribution is 2.31. The summed E-state index contributed by atoms with van der Waals surface area (Å²) in [6.45, 7) is 0. The van der Waals surface area contributed by atoms with Gasteiger partial charge in [0.15, 0.2) is 0 Å². The lowest BCUT2D eigenvalue weighted by Crippen LogP contribution is -1.95. The van der Waals surface area contributed by atoms with Gasteiger partial charge in [-0.1, -0.05) is 60.1 Å². The van der Waals surface area contributed by atoms with Gasteiger partial charge in [-0.05, 0) is 60.7 Å². The molecule has 0 N–H and O–H groups in total. The first-order valence-corrected chi connectivity index (χ1v) is 13.4. The maximum Gasteiger partial charge on any atom is 0.269 e. The van der Waals surface area contributed by atoms with Crippen LogP contribution < -0.4 is 0 Å². The second-order valence-corrected chi connectivity index (χ2v) is 9.67. The van der Waals surface area contributed by atoms with Crippen molar-refractivity contribution in [2.45, 2.75) is 0 Å². The molecule has 8 heteroatoms. The van der Waals surface area contributed by atoms with E-state index in [0.29, 0.717) is 11.1 Å². The Morgan fingerprint density at radius 3 is 1.02 bits per heavy atom. The Kier molecular flexibility index (Phi) is 7.55. The van der Waals surface area contributed by atoms with Crippen molar-refractivity contribution in [2.24, 2.45) is 0 Å². The number of nitrogens with zero attached hydrogens (tertiary/aromatic N) is 4. The lowest BCUT2D eigenvalue weighted by molar-refractivity contribution is -0.385. The Morgan fingerprint density at radius 2 is 0.727 bits per heavy atom. The van der Waals surface area contributed by atoms with Crippen LogP contribution in [0.5, 0.6) is 0 Å². The van der Waals surface area contributed by atoms with Crippen LogP contribution >= 0.6 is 0 Å². The van der Waals surface area contributed by atoms with Crippen LogP contribution in [-0.2, 0) is 0 Å². The molecule has 0 bridgehead atoms. The summed E-state index contributed by atoms with van der Waals surface area (Å²) >= 11 is 0. The molecule has 0 atom stereocenters. The molecule has 0 aliphatic rings. The molecule has 0 fully saturated rings. The van der Waals surface area contributed by atoms with E-state index in [1.165, 1.54) is 24.3 Å². The first kappa shape index (κ1) is 27.5. The van der Waals surface area contributed by atoms with E-state index in [0.717, 1.165) is 44.7 Å². The Balaban J connectivity index is 1.29. The van der Waals surface area contributed by atoms with E-state index in [4.69, 9.17) is 9.97 Å². The second-order valence-electron chi connectivity index (χ2n) is 9.67. The van der Waals surface area contributed by atoms with Crippen molar-refractivity contribution in [3.63, 3.8) is 0 Å². The molecular formula is C36H20N4O4. The number of nitro benzene ring substituents is 2. The molecule has 0 aliphatic carbocycles. The van der Waals surface area contributed by atoms with Gasteiger partial charge >= 0.3 is 0 Å². The van der Waals surface area contributed by atoms with Crippen LogP contribution in [0.15, 0.2) is 121 Å². The number of rotatable bonds is 4. The van der Waals surface area contributed by atoms with Crippen molar-refractivity contribution in [3.05, 3.63) is 164 Å². The summed E-state index contributed by atoms with van der Waals surface area (Å²) in [7, 11) is 0. The van der Waals surface area contributed by atoms with Crippen molar-refractivity contribution in [2.75, 3.05) is 0 Å². The molecule has 0 unspecified atom stereocenters. The molecule has 0 amide bonds. The Labute approximate surface area is 252 Å². The van der Waals surface area contributed by atoms with Crippen molar-refractivity contribution >= 4 is 22.4 Å². The second kappa shape index (κ2) is 12.1. The molecule has 5 aromatic carbocycles. The van der Waals surface area contributed by atoms with Crippen molar-refractivity contribution in [1.29, 1.82) is 0 Å². The van der Waals surface area contributed by atoms with Crippen molar-refractivity contribution < 1.29 is 9.85 Å². The van der Waals surface area contributed by atoms with E-state index in [-0.39, 0.29) is 11.4 Å². The van der Waals surface area contributed by atoms with Gasteiger partial charge in [0.1, 0.15) is 0 Å². The van der Waals surface area contributed by atoms with Gasteiger partial charge in [-0.25, -0.2) is 9.97 Å². The van der Waals surface area contributed by atoms with Gasteiger partial charge in [-0.2, -0.15) is 0 Å². The summed E-state index contributed by atoms with van der Waals surface area (Å²) in [5.41, 5.74) is 7.75. The summed E-state index contributed by atoms with van der Waals surface area (Å²) in [5.74, 6) is 12.3. The van der Waals surface area contributed by atoms with Crippen molar-refractivity contribution in [1.82, 2.24) is 9.97 Å². The Bertz CT molecular complexity index is 1990.